The third-order valence-electron chi connectivity index (χ3n) is 6.42. The van der Waals surface area contributed by atoms with Gasteiger partial charge in [0.15, 0.2) is 5.76 Å². The average Bonchev–Trinajstić information content (AvgIpc) is 3.54. The molecule has 2 saturated heterocycles. The van der Waals surface area contributed by atoms with E-state index in [-0.39, 0.29) is 41.7 Å². The summed E-state index contributed by atoms with van der Waals surface area (Å²) < 4.78 is 12.0. The molecule has 14 heteroatoms. The molecule has 3 aromatic rings. The third-order valence-corrected chi connectivity index (χ3v) is 6.42. The van der Waals surface area contributed by atoms with Crippen molar-refractivity contribution in [3.63, 3.8) is 0 Å². The van der Waals surface area contributed by atoms with Crippen LogP contribution in [-0.4, -0.2) is 109 Å². The van der Waals surface area contributed by atoms with Crippen molar-refractivity contribution < 1.29 is 18.7 Å². The maximum atomic E-state index is 13.3. The van der Waals surface area contributed by atoms with Gasteiger partial charge in [-0.05, 0) is 32.9 Å². The molecule has 0 radical (unpaired) electrons. The molecule has 3 amide bonds. The summed E-state index contributed by atoms with van der Waals surface area (Å²) in [7, 11) is 0. The summed E-state index contributed by atoms with van der Waals surface area (Å²) >= 11 is 0. The summed E-state index contributed by atoms with van der Waals surface area (Å²) in [5.41, 5.74) is 6.05. The standard InChI is InChI=1S/C22H30N10O4/c1-13-11-30(12-14(2)31(13)22(34)29-6-9-35-10-7-29)18(33)15(3)24-20-26-19(23)32-21(27-20)25-17(28-32)16-5-4-8-36-16/h4-5,8,13-15H,6-7,9-12H2,1-3H3,(H3,23,24,25,26,27,28). The Labute approximate surface area is 207 Å². The molecule has 0 spiro atoms. The molecule has 192 valence electrons. The molecule has 3 atom stereocenters. The van der Waals surface area contributed by atoms with Crippen LogP contribution in [0.5, 0.6) is 0 Å². The number of urea groups is 1. The van der Waals surface area contributed by atoms with Gasteiger partial charge in [-0.15, -0.1) is 5.10 Å². The number of rotatable bonds is 4. The van der Waals surface area contributed by atoms with Gasteiger partial charge < -0.3 is 34.9 Å². The average molecular weight is 499 g/mol. The smallest absolute Gasteiger partial charge is 0.320 e. The minimum absolute atomic E-state index is 0.00373. The number of hydrogen-bond acceptors (Lipinski definition) is 10. The number of anilines is 2. The van der Waals surface area contributed by atoms with Crippen molar-refractivity contribution in [2.24, 2.45) is 0 Å². The van der Waals surface area contributed by atoms with E-state index in [2.05, 4.69) is 25.4 Å². The van der Waals surface area contributed by atoms with Crippen molar-refractivity contribution in [2.75, 3.05) is 50.4 Å². The molecule has 2 aliphatic heterocycles. The van der Waals surface area contributed by atoms with Crippen LogP contribution >= 0.6 is 0 Å². The zero-order valence-corrected chi connectivity index (χ0v) is 20.5. The van der Waals surface area contributed by atoms with Crippen LogP contribution in [-0.2, 0) is 9.53 Å². The number of aromatic nitrogens is 5. The van der Waals surface area contributed by atoms with E-state index >= 15 is 0 Å². The van der Waals surface area contributed by atoms with Gasteiger partial charge in [0, 0.05) is 38.3 Å². The number of fused-ring (bicyclic) bond motifs is 1. The highest BCUT2D eigenvalue weighted by molar-refractivity contribution is 5.84. The number of morpholine rings is 1. The number of nitrogens with one attached hydrogen (secondary N) is 1. The van der Waals surface area contributed by atoms with E-state index in [1.54, 1.807) is 24.0 Å². The van der Waals surface area contributed by atoms with Crippen molar-refractivity contribution in [1.82, 2.24) is 39.3 Å². The fourth-order valence-electron chi connectivity index (χ4n) is 4.71. The molecule has 0 saturated carbocycles. The molecule has 5 rings (SSSR count). The monoisotopic (exact) mass is 498 g/mol. The van der Waals surface area contributed by atoms with E-state index in [0.717, 1.165) is 0 Å². The van der Waals surface area contributed by atoms with Crippen LogP contribution in [0.4, 0.5) is 16.7 Å². The number of ether oxygens (including phenoxy) is 1. The Morgan fingerprint density at radius 2 is 1.83 bits per heavy atom. The summed E-state index contributed by atoms with van der Waals surface area (Å²) in [5, 5.41) is 7.30. The predicted molar refractivity (Wildman–Crippen MR) is 129 cm³/mol. The van der Waals surface area contributed by atoms with Gasteiger partial charge >= 0.3 is 6.03 Å². The van der Waals surface area contributed by atoms with E-state index in [9.17, 15) is 9.59 Å². The lowest BCUT2D eigenvalue weighted by atomic mass is 10.1. The fourth-order valence-corrected chi connectivity index (χ4v) is 4.71. The molecule has 14 nitrogen and oxygen atoms in total. The molecule has 36 heavy (non-hydrogen) atoms. The van der Waals surface area contributed by atoms with E-state index in [4.69, 9.17) is 14.9 Å². The predicted octanol–water partition coefficient (Wildman–Crippen LogP) is 0.535. The van der Waals surface area contributed by atoms with Crippen LogP contribution in [0.25, 0.3) is 17.4 Å². The number of amides is 3. The fraction of sp³-hybridized carbons (Fsp3) is 0.545. The van der Waals surface area contributed by atoms with Crippen LogP contribution < -0.4 is 11.1 Å². The first-order valence-electron chi connectivity index (χ1n) is 12.0. The number of nitrogens with two attached hydrogens (primary N) is 1. The van der Waals surface area contributed by atoms with Crippen molar-refractivity contribution in [1.29, 1.82) is 0 Å². The lowest BCUT2D eigenvalue weighted by molar-refractivity contribution is -0.135. The van der Waals surface area contributed by atoms with E-state index in [1.165, 1.54) is 10.8 Å². The first-order chi connectivity index (χ1) is 17.3. The lowest BCUT2D eigenvalue weighted by Crippen LogP contribution is -2.64. The molecular weight excluding hydrogens is 468 g/mol. The molecule has 0 bridgehead atoms. The number of piperazine rings is 1. The van der Waals surface area contributed by atoms with Crippen LogP contribution in [0.2, 0.25) is 0 Å². The minimum atomic E-state index is -0.625. The topological polar surface area (TPSA) is 160 Å². The first-order valence-corrected chi connectivity index (χ1v) is 12.0. The summed E-state index contributed by atoms with van der Waals surface area (Å²) in [5.74, 6) is 1.16. The van der Waals surface area contributed by atoms with Gasteiger partial charge in [0.2, 0.25) is 23.6 Å². The van der Waals surface area contributed by atoms with Gasteiger partial charge in [-0.3, -0.25) is 4.79 Å². The number of nitrogen functional groups attached to an aromatic ring is 1. The second-order valence-corrected chi connectivity index (χ2v) is 9.13. The molecule has 3 N–H and O–H groups in total. The van der Waals surface area contributed by atoms with Crippen molar-refractivity contribution in [3.05, 3.63) is 18.4 Å². The number of hydrogen-bond donors (Lipinski definition) is 2. The Balaban J connectivity index is 1.25. The summed E-state index contributed by atoms with van der Waals surface area (Å²) in [6, 6.07) is 2.58. The van der Waals surface area contributed by atoms with E-state index < -0.39 is 6.04 Å². The van der Waals surface area contributed by atoms with Gasteiger partial charge in [-0.2, -0.15) is 19.5 Å². The van der Waals surface area contributed by atoms with Crippen molar-refractivity contribution >= 4 is 29.6 Å². The molecular formula is C22H30N10O4. The zero-order chi connectivity index (χ0) is 25.4. The molecule has 0 aromatic carbocycles. The van der Waals surface area contributed by atoms with Gasteiger partial charge in [0.1, 0.15) is 6.04 Å². The van der Waals surface area contributed by atoms with Gasteiger partial charge in [0.25, 0.3) is 5.78 Å². The Kier molecular flexibility index (Phi) is 6.35. The second kappa shape index (κ2) is 9.60. The number of nitrogens with zero attached hydrogens (tertiary/aromatic N) is 8. The van der Waals surface area contributed by atoms with Gasteiger partial charge in [-0.25, -0.2) is 4.79 Å². The van der Waals surface area contributed by atoms with Crippen molar-refractivity contribution in [3.8, 4) is 11.6 Å². The van der Waals surface area contributed by atoms with E-state index in [0.29, 0.717) is 51.0 Å². The highest BCUT2D eigenvalue weighted by Crippen LogP contribution is 2.21. The summed E-state index contributed by atoms with van der Waals surface area (Å²) in [4.78, 5) is 44.7. The van der Waals surface area contributed by atoms with Gasteiger partial charge in [-0.1, -0.05) is 0 Å². The maximum Gasteiger partial charge on any atom is 0.320 e. The maximum absolute atomic E-state index is 13.3. The molecule has 2 fully saturated rings. The number of carbonyl (C=O) groups is 2. The van der Waals surface area contributed by atoms with E-state index in [1.807, 2.05) is 23.6 Å². The normalized spacial score (nSPS) is 21.6. The van der Waals surface area contributed by atoms with Crippen LogP contribution in [0.3, 0.4) is 0 Å². The largest absolute Gasteiger partial charge is 0.461 e. The number of furan rings is 1. The van der Waals surface area contributed by atoms with Crippen molar-refractivity contribution in [2.45, 2.75) is 38.9 Å². The Morgan fingerprint density at radius 1 is 1.11 bits per heavy atom. The molecule has 2 aliphatic rings. The van der Waals surface area contributed by atoms with Crippen LogP contribution in [0.1, 0.15) is 20.8 Å². The summed E-state index contributed by atoms with van der Waals surface area (Å²) in [6.07, 6.45) is 1.52. The molecule has 3 aromatic heterocycles. The minimum Gasteiger partial charge on any atom is -0.461 e. The molecule has 0 aliphatic carbocycles. The molecule has 5 heterocycles. The molecule has 3 unspecified atom stereocenters. The van der Waals surface area contributed by atoms with Gasteiger partial charge in [0.05, 0.1) is 19.5 Å². The van der Waals surface area contributed by atoms with Crippen LogP contribution in [0, 0.1) is 0 Å². The Morgan fingerprint density at radius 3 is 2.50 bits per heavy atom. The Hall–Kier alpha value is -3.94. The summed E-state index contributed by atoms with van der Waals surface area (Å²) in [6.45, 7) is 8.81. The van der Waals surface area contributed by atoms with Crippen LogP contribution in [0.15, 0.2) is 22.8 Å². The highest BCUT2D eigenvalue weighted by Gasteiger charge is 2.38. The second-order valence-electron chi connectivity index (χ2n) is 9.13. The highest BCUT2D eigenvalue weighted by atomic mass is 16.5. The third kappa shape index (κ3) is 4.51. The SMILES string of the molecule is CC(Nc1nc(N)n2nc(-c3ccco3)nc2n1)C(=O)N1CC(C)N(C(=O)N2CCOCC2)C(C)C1. The number of carbonyl (C=O) groups excluding carboxylic acids is 2. The lowest BCUT2D eigenvalue weighted by Gasteiger charge is -2.46. The first kappa shape index (κ1) is 23.8. The quantitative estimate of drug-likeness (QED) is 0.519. The Bertz CT molecular complexity index is 1230. The zero-order valence-electron chi connectivity index (χ0n) is 20.5.